The molecule has 0 aromatic carbocycles. The van der Waals surface area contributed by atoms with Gasteiger partial charge in [-0.25, -0.2) is 0 Å². The summed E-state index contributed by atoms with van der Waals surface area (Å²) in [5.41, 5.74) is 6.32. The van der Waals surface area contributed by atoms with Crippen LogP contribution in [0.4, 0.5) is 0 Å². The van der Waals surface area contributed by atoms with Crippen molar-refractivity contribution < 1.29 is 4.42 Å². The van der Waals surface area contributed by atoms with Crippen LogP contribution in [0.1, 0.15) is 44.3 Å². The fourth-order valence-corrected chi connectivity index (χ4v) is 2.89. The van der Waals surface area contributed by atoms with E-state index in [0.717, 1.165) is 17.9 Å². The van der Waals surface area contributed by atoms with Crippen LogP contribution >= 0.6 is 11.8 Å². The Hall–Kier alpha value is -0.450. The summed E-state index contributed by atoms with van der Waals surface area (Å²) in [5, 5.41) is 0. The van der Waals surface area contributed by atoms with Crippen molar-refractivity contribution in [2.24, 2.45) is 5.73 Å². The van der Waals surface area contributed by atoms with Crippen LogP contribution in [0.3, 0.4) is 0 Å². The lowest BCUT2D eigenvalue weighted by molar-refractivity contribution is 0.135. The molecule has 3 atom stereocenters. The summed E-state index contributed by atoms with van der Waals surface area (Å²) < 4.78 is 5.82. The molecule has 2 N–H and O–H groups in total. The first-order chi connectivity index (χ1) is 9.01. The Morgan fingerprint density at radius 2 is 2.11 bits per heavy atom. The molecule has 3 nitrogen and oxygen atoms in total. The number of rotatable bonds is 8. The van der Waals surface area contributed by atoms with Gasteiger partial charge in [0.15, 0.2) is 0 Å². The molecular weight excluding hydrogens is 256 g/mol. The van der Waals surface area contributed by atoms with Crippen LogP contribution in [0.25, 0.3) is 0 Å². The Kier molecular flexibility index (Phi) is 6.97. The normalized spacial score (nSPS) is 16.6. The van der Waals surface area contributed by atoms with E-state index in [2.05, 4.69) is 38.1 Å². The van der Waals surface area contributed by atoms with Crippen molar-refractivity contribution in [3.05, 3.63) is 23.7 Å². The van der Waals surface area contributed by atoms with Crippen molar-refractivity contribution in [2.75, 3.05) is 19.1 Å². The van der Waals surface area contributed by atoms with Crippen LogP contribution in [-0.4, -0.2) is 36.0 Å². The van der Waals surface area contributed by atoms with E-state index in [1.807, 2.05) is 24.8 Å². The number of aryl methyl sites for hydroxylation is 1. The summed E-state index contributed by atoms with van der Waals surface area (Å²) in [6.45, 7) is 6.38. The predicted molar refractivity (Wildman–Crippen MR) is 84.7 cm³/mol. The van der Waals surface area contributed by atoms with E-state index in [4.69, 9.17) is 10.2 Å². The second kappa shape index (κ2) is 7.98. The monoisotopic (exact) mass is 284 g/mol. The zero-order valence-electron chi connectivity index (χ0n) is 12.8. The number of likely N-dealkylation sites (N-methyl/N-ethyl adjacent to an activating group) is 1. The Labute approximate surface area is 121 Å². The summed E-state index contributed by atoms with van der Waals surface area (Å²) >= 11 is 1.89. The number of hydrogen-bond donors (Lipinski definition) is 1. The van der Waals surface area contributed by atoms with E-state index < -0.39 is 0 Å². The van der Waals surface area contributed by atoms with Gasteiger partial charge in [-0.15, -0.1) is 0 Å². The minimum absolute atomic E-state index is 0.104. The van der Waals surface area contributed by atoms with Crippen LogP contribution in [0.15, 0.2) is 16.5 Å². The van der Waals surface area contributed by atoms with Gasteiger partial charge in [0, 0.05) is 12.1 Å². The van der Waals surface area contributed by atoms with Gasteiger partial charge < -0.3 is 10.2 Å². The first kappa shape index (κ1) is 16.6. The molecular formula is C15H28N2OS. The minimum atomic E-state index is 0.104. The SMILES string of the molecule is CCC(N)C(c1ccc(C)o1)N(C)C(C)CCSC. The van der Waals surface area contributed by atoms with Gasteiger partial charge >= 0.3 is 0 Å². The lowest BCUT2D eigenvalue weighted by atomic mass is 10.0. The highest BCUT2D eigenvalue weighted by atomic mass is 32.2. The highest BCUT2D eigenvalue weighted by Crippen LogP contribution is 2.28. The fraction of sp³-hybridized carbons (Fsp3) is 0.733. The van der Waals surface area contributed by atoms with Crippen molar-refractivity contribution in [3.63, 3.8) is 0 Å². The maximum atomic E-state index is 6.32. The molecule has 0 saturated heterocycles. The quantitative estimate of drug-likeness (QED) is 0.794. The molecule has 1 rings (SSSR count). The molecule has 3 unspecified atom stereocenters. The summed E-state index contributed by atoms with van der Waals surface area (Å²) in [5.74, 6) is 3.12. The van der Waals surface area contributed by atoms with E-state index in [-0.39, 0.29) is 12.1 Å². The van der Waals surface area contributed by atoms with Gasteiger partial charge in [-0.2, -0.15) is 11.8 Å². The van der Waals surface area contributed by atoms with E-state index >= 15 is 0 Å². The lowest BCUT2D eigenvalue weighted by Crippen LogP contribution is -2.43. The van der Waals surface area contributed by atoms with Gasteiger partial charge in [-0.1, -0.05) is 6.92 Å². The second-order valence-corrected chi connectivity index (χ2v) is 6.25. The summed E-state index contributed by atoms with van der Waals surface area (Å²) in [7, 11) is 2.16. The third-order valence-electron chi connectivity index (χ3n) is 3.80. The topological polar surface area (TPSA) is 42.4 Å². The third-order valence-corrected chi connectivity index (χ3v) is 4.45. The summed E-state index contributed by atoms with van der Waals surface area (Å²) in [6, 6.07) is 4.85. The van der Waals surface area contributed by atoms with Crippen molar-refractivity contribution in [1.82, 2.24) is 4.90 Å². The minimum Gasteiger partial charge on any atom is -0.465 e. The number of furan rings is 1. The Morgan fingerprint density at radius 1 is 1.42 bits per heavy atom. The van der Waals surface area contributed by atoms with E-state index in [1.54, 1.807) is 0 Å². The third kappa shape index (κ3) is 4.55. The number of thioether (sulfide) groups is 1. The molecule has 0 saturated carbocycles. The van der Waals surface area contributed by atoms with E-state index in [9.17, 15) is 0 Å². The largest absolute Gasteiger partial charge is 0.465 e. The van der Waals surface area contributed by atoms with Gasteiger partial charge in [-0.3, -0.25) is 4.90 Å². The first-order valence-electron chi connectivity index (χ1n) is 7.04. The molecule has 110 valence electrons. The molecule has 19 heavy (non-hydrogen) atoms. The predicted octanol–water partition coefficient (Wildman–Crippen LogP) is 3.44. The lowest BCUT2D eigenvalue weighted by Gasteiger charge is -2.35. The summed E-state index contributed by atoms with van der Waals surface area (Å²) in [4.78, 5) is 2.36. The van der Waals surface area contributed by atoms with Crippen molar-refractivity contribution in [2.45, 2.75) is 51.7 Å². The second-order valence-electron chi connectivity index (χ2n) is 5.26. The molecule has 0 spiro atoms. The molecule has 4 heteroatoms. The maximum Gasteiger partial charge on any atom is 0.122 e. The summed E-state index contributed by atoms with van der Waals surface area (Å²) in [6.07, 6.45) is 4.27. The zero-order chi connectivity index (χ0) is 14.4. The Morgan fingerprint density at radius 3 is 2.58 bits per heavy atom. The molecule has 1 heterocycles. The van der Waals surface area contributed by atoms with Gasteiger partial charge in [0.05, 0.1) is 6.04 Å². The van der Waals surface area contributed by atoms with Crippen LogP contribution in [0.5, 0.6) is 0 Å². The van der Waals surface area contributed by atoms with Crippen LogP contribution < -0.4 is 5.73 Å². The zero-order valence-corrected chi connectivity index (χ0v) is 13.7. The highest BCUT2D eigenvalue weighted by molar-refractivity contribution is 7.98. The Balaban J connectivity index is 2.84. The molecule has 0 amide bonds. The fourth-order valence-electron chi connectivity index (χ4n) is 2.32. The average molecular weight is 284 g/mol. The van der Waals surface area contributed by atoms with Gasteiger partial charge in [-0.05, 0) is 57.9 Å². The molecule has 0 aliphatic carbocycles. The first-order valence-corrected chi connectivity index (χ1v) is 8.43. The van der Waals surface area contributed by atoms with E-state index in [0.29, 0.717) is 6.04 Å². The van der Waals surface area contributed by atoms with Gasteiger partial charge in [0.2, 0.25) is 0 Å². The molecule has 0 radical (unpaired) electrons. The molecule has 0 aliphatic rings. The highest BCUT2D eigenvalue weighted by Gasteiger charge is 2.28. The van der Waals surface area contributed by atoms with Crippen molar-refractivity contribution in [1.29, 1.82) is 0 Å². The van der Waals surface area contributed by atoms with Crippen LogP contribution in [0, 0.1) is 6.92 Å². The molecule has 1 aromatic heterocycles. The van der Waals surface area contributed by atoms with Gasteiger partial charge in [0.25, 0.3) is 0 Å². The standard InChI is InChI=1S/C15H28N2OS/c1-6-13(16)15(14-8-7-12(3)18-14)17(4)11(2)9-10-19-5/h7-8,11,13,15H,6,9-10,16H2,1-5H3. The van der Waals surface area contributed by atoms with E-state index in [1.165, 1.54) is 12.2 Å². The van der Waals surface area contributed by atoms with Crippen LogP contribution in [0.2, 0.25) is 0 Å². The number of hydrogen-bond acceptors (Lipinski definition) is 4. The molecule has 1 aromatic rings. The van der Waals surface area contributed by atoms with Crippen LogP contribution in [-0.2, 0) is 0 Å². The Bertz CT molecular complexity index is 367. The molecule has 0 aliphatic heterocycles. The van der Waals surface area contributed by atoms with Crippen molar-refractivity contribution in [3.8, 4) is 0 Å². The molecule has 0 fully saturated rings. The maximum absolute atomic E-state index is 6.32. The average Bonchev–Trinajstić information content (AvgIpc) is 2.82. The number of nitrogens with zero attached hydrogens (tertiary/aromatic N) is 1. The number of nitrogens with two attached hydrogens (primary N) is 1. The van der Waals surface area contributed by atoms with Gasteiger partial charge in [0.1, 0.15) is 11.5 Å². The smallest absolute Gasteiger partial charge is 0.122 e. The van der Waals surface area contributed by atoms with Crippen molar-refractivity contribution >= 4 is 11.8 Å². The molecule has 0 bridgehead atoms.